The molecule has 0 spiro atoms. The monoisotopic (exact) mass is 432 g/mol. The summed E-state index contributed by atoms with van der Waals surface area (Å²) in [5, 5.41) is 0.178. The molecule has 0 amide bonds. The lowest BCUT2D eigenvalue weighted by molar-refractivity contribution is -0.137. The van der Waals surface area contributed by atoms with Crippen LogP contribution in [0.25, 0.3) is 0 Å². The molecule has 0 aliphatic carbocycles. The zero-order valence-corrected chi connectivity index (χ0v) is 14.8. The first-order valence-electron chi connectivity index (χ1n) is 6.67. The molecule has 0 bridgehead atoms. The molecule has 1 aliphatic heterocycles. The molecular weight excluding hydrogens is 416 g/mol. The molecule has 21 heavy (non-hydrogen) atoms. The highest BCUT2D eigenvalue weighted by atomic mass is 127. The zero-order chi connectivity index (χ0) is 15.8. The summed E-state index contributed by atoms with van der Waals surface area (Å²) in [7, 11) is 4.00. The van der Waals surface area contributed by atoms with E-state index in [1.165, 1.54) is 6.07 Å². The number of piperidine rings is 1. The van der Waals surface area contributed by atoms with Crippen molar-refractivity contribution in [3.8, 4) is 0 Å². The van der Waals surface area contributed by atoms with Crippen LogP contribution < -0.4 is 4.90 Å². The minimum Gasteiger partial charge on any atom is -0.370 e. The molecule has 1 aliphatic rings. The van der Waals surface area contributed by atoms with Crippen LogP contribution in [0.1, 0.15) is 18.4 Å². The minimum absolute atomic E-state index is 0.127. The predicted molar refractivity (Wildman–Crippen MR) is 88.1 cm³/mol. The second kappa shape index (κ2) is 6.50. The minimum atomic E-state index is -4.39. The fraction of sp³-hybridized carbons (Fsp3) is 0.571. The maximum atomic E-state index is 13.3. The van der Waals surface area contributed by atoms with E-state index in [1.54, 1.807) is 11.0 Å². The van der Waals surface area contributed by atoms with Gasteiger partial charge in [-0.25, -0.2) is 0 Å². The van der Waals surface area contributed by atoms with Crippen molar-refractivity contribution >= 4 is 39.9 Å². The van der Waals surface area contributed by atoms with Crippen molar-refractivity contribution < 1.29 is 13.2 Å². The van der Waals surface area contributed by atoms with E-state index in [1.807, 2.05) is 36.7 Å². The summed E-state index contributed by atoms with van der Waals surface area (Å²) >= 11 is 7.98. The standard InChI is InChI=1S/C14H17ClF3IN2/c1-20(2)10-3-5-21(6-4-10)13-11(14(16,17)18)7-9(19)8-12(13)15/h7-8,10H,3-6H2,1-2H3. The Morgan fingerprint density at radius 3 is 2.29 bits per heavy atom. The molecule has 0 aromatic heterocycles. The maximum absolute atomic E-state index is 13.3. The highest BCUT2D eigenvalue weighted by Crippen LogP contribution is 2.42. The van der Waals surface area contributed by atoms with Crippen LogP contribution >= 0.6 is 34.2 Å². The fourth-order valence-electron chi connectivity index (χ4n) is 2.71. The van der Waals surface area contributed by atoms with Crippen LogP contribution in [0.4, 0.5) is 18.9 Å². The highest BCUT2D eigenvalue weighted by Gasteiger charge is 2.37. The Kier molecular flexibility index (Phi) is 5.31. The molecule has 1 saturated heterocycles. The van der Waals surface area contributed by atoms with E-state index in [0.717, 1.165) is 12.8 Å². The summed E-state index contributed by atoms with van der Waals surface area (Å²) in [5.41, 5.74) is -0.510. The Balaban J connectivity index is 2.32. The van der Waals surface area contributed by atoms with Crippen molar-refractivity contribution in [2.75, 3.05) is 32.1 Å². The van der Waals surface area contributed by atoms with Crippen LogP contribution in [0, 0.1) is 3.57 Å². The van der Waals surface area contributed by atoms with Crippen LogP contribution in [0.2, 0.25) is 5.02 Å². The Morgan fingerprint density at radius 2 is 1.81 bits per heavy atom. The van der Waals surface area contributed by atoms with E-state index in [0.29, 0.717) is 22.7 Å². The molecule has 2 nitrogen and oxygen atoms in total. The van der Waals surface area contributed by atoms with E-state index in [2.05, 4.69) is 4.90 Å². The van der Waals surface area contributed by atoms with Crippen molar-refractivity contribution in [1.82, 2.24) is 4.90 Å². The number of hydrogen-bond donors (Lipinski definition) is 0. The summed E-state index contributed by atoms with van der Waals surface area (Å²) in [6.45, 7) is 1.18. The van der Waals surface area contributed by atoms with Crippen molar-refractivity contribution in [3.63, 3.8) is 0 Å². The third kappa shape index (κ3) is 3.96. The molecule has 0 saturated carbocycles. The number of nitrogens with zero attached hydrogens (tertiary/aromatic N) is 2. The quantitative estimate of drug-likeness (QED) is 0.635. The third-order valence-corrected chi connectivity index (χ3v) is 4.76. The average Bonchev–Trinajstić information content (AvgIpc) is 2.37. The van der Waals surface area contributed by atoms with Gasteiger partial charge in [-0.3, -0.25) is 0 Å². The predicted octanol–water partition coefficient (Wildman–Crippen LogP) is 4.49. The maximum Gasteiger partial charge on any atom is 0.418 e. The molecule has 0 unspecified atom stereocenters. The SMILES string of the molecule is CN(C)C1CCN(c2c(Cl)cc(I)cc2C(F)(F)F)CC1. The second-order valence-corrected chi connectivity index (χ2v) is 7.12. The molecule has 0 atom stereocenters. The average molecular weight is 433 g/mol. The molecule has 1 aromatic rings. The first-order valence-corrected chi connectivity index (χ1v) is 8.13. The van der Waals surface area contributed by atoms with Gasteiger partial charge in [-0.15, -0.1) is 0 Å². The number of anilines is 1. The first kappa shape index (κ1) is 17.1. The van der Waals surface area contributed by atoms with E-state index in [9.17, 15) is 13.2 Å². The van der Waals surface area contributed by atoms with Gasteiger partial charge in [0.25, 0.3) is 0 Å². The molecule has 1 heterocycles. The lowest BCUT2D eigenvalue weighted by Crippen LogP contribution is -2.42. The van der Waals surface area contributed by atoms with Gasteiger partial charge in [0.1, 0.15) is 0 Å². The smallest absolute Gasteiger partial charge is 0.370 e. The summed E-state index contributed by atoms with van der Waals surface area (Å²) in [4.78, 5) is 3.89. The van der Waals surface area contributed by atoms with Crippen molar-refractivity contribution in [3.05, 3.63) is 26.3 Å². The van der Waals surface area contributed by atoms with Gasteiger partial charge in [0.15, 0.2) is 0 Å². The molecule has 2 rings (SSSR count). The summed E-state index contributed by atoms with van der Waals surface area (Å²) in [6, 6.07) is 3.17. The van der Waals surface area contributed by atoms with Crippen LogP contribution in [-0.4, -0.2) is 38.1 Å². The van der Waals surface area contributed by atoms with E-state index < -0.39 is 11.7 Å². The zero-order valence-electron chi connectivity index (χ0n) is 11.8. The molecule has 1 aromatic carbocycles. The summed E-state index contributed by atoms with van der Waals surface area (Å²) < 4.78 is 40.3. The van der Waals surface area contributed by atoms with E-state index in [-0.39, 0.29) is 10.7 Å². The van der Waals surface area contributed by atoms with Crippen LogP contribution in [0.3, 0.4) is 0 Å². The van der Waals surface area contributed by atoms with Gasteiger partial charge in [0.05, 0.1) is 16.3 Å². The number of benzene rings is 1. The van der Waals surface area contributed by atoms with Gasteiger partial charge in [-0.05, 0) is 61.7 Å². The molecule has 0 radical (unpaired) electrons. The van der Waals surface area contributed by atoms with Crippen molar-refractivity contribution in [2.24, 2.45) is 0 Å². The Morgan fingerprint density at radius 1 is 1.24 bits per heavy atom. The number of hydrogen-bond acceptors (Lipinski definition) is 2. The Labute approximate surface area is 141 Å². The number of rotatable bonds is 2. The van der Waals surface area contributed by atoms with Crippen LogP contribution in [-0.2, 0) is 6.18 Å². The molecule has 7 heteroatoms. The van der Waals surface area contributed by atoms with Gasteiger partial charge in [-0.2, -0.15) is 13.2 Å². The number of halogens is 5. The topological polar surface area (TPSA) is 6.48 Å². The van der Waals surface area contributed by atoms with Gasteiger partial charge < -0.3 is 9.80 Å². The molecule has 118 valence electrons. The molecule has 0 N–H and O–H groups in total. The fourth-order valence-corrected chi connectivity index (χ4v) is 3.86. The largest absolute Gasteiger partial charge is 0.418 e. The first-order chi connectivity index (χ1) is 9.70. The normalized spacial score (nSPS) is 17.6. The lowest BCUT2D eigenvalue weighted by Gasteiger charge is -2.38. The van der Waals surface area contributed by atoms with Gasteiger partial charge in [0, 0.05) is 22.7 Å². The Hall–Kier alpha value is -0.210. The molecular formula is C14H17ClF3IN2. The third-order valence-electron chi connectivity index (χ3n) is 3.84. The highest BCUT2D eigenvalue weighted by molar-refractivity contribution is 14.1. The van der Waals surface area contributed by atoms with Gasteiger partial charge in [-0.1, -0.05) is 11.6 Å². The van der Waals surface area contributed by atoms with Crippen LogP contribution in [0.15, 0.2) is 12.1 Å². The second-order valence-electron chi connectivity index (χ2n) is 5.46. The molecule has 1 fully saturated rings. The van der Waals surface area contributed by atoms with Crippen molar-refractivity contribution in [1.29, 1.82) is 0 Å². The lowest BCUT2D eigenvalue weighted by atomic mass is 10.0. The number of alkyl halides is 3. The van der Waals surface area contributed by atoms with E-state index in [4.69, 9.17) is 11.6 Å². The van der Waals surface area contributed by atoms with Gasteiger partial charge >= 0.3 is 6.18 Å². The van der Waals surface area contributed by atoms with E-state index >= 15 is 0 Å². The van der Waals surface area contributed by atoms with Crippen molar-refractivity contribution in [2.45, 2.75) is 25.1 Å². The van der Waals surface area contributed by atoms with Crippen LogP contribution in [0.5, 0.6) is 0 Å². The Bertz CT molecular complexity index is 512. The summed E-state index contributed by atoms with van der Waals surface area (Å²) in [6.07, 6.45) is -2.71. The van der Waals surface area contributed by atoms with Gasteiger partial charge in [0.2, 0.25) is 0 Å². The summed E-state index contributed by atoms with van der Waals surface area (Å²) in [5.74, 6) is 0.